The molecule has 0 rings (SSSR count). The molecule has 0 aliphatic rings. The molecule has 3 nitrogen and oxygen atoms in total. The lowest BCUT2D eigenvalue weighted by Gasteiger charge is -2.23. The van der Waals surface area contributed by atoms with Gasteiger partial charge in [0.2, 0.25) is 0 Å². The minimum absolute atomic E-state index is 0.000972. The molecule has 10 heavy (non-hydrogen) atoms. The first-order valence-electron chi connectivity index (χ1n) is 2.98. The van der Waals surface area contributed by atoms with Crippen molar-refractivity contribution >= 4 is 0 Å². The molecule has 0 spiro atoms. The highest BCUT2D eigenvalue weighted by Crippen LogP contribution is 2.09. The average molecular weight is 152 g/mol. The van der Waals surface area contributed by atoms with Gasteiger partial charge in [-0.1, -0.05) is 0 Å². The van der Waals surface area contributed by atoms with Crippen LogP contribution >= 0.6 is 0 Å². The minimum Gasteiger partial charge on any atom is -0.393 e. The predicted octanol–water partition coefficient (Wildman–Crippen LogP) is 0.327. The van der Waals surface area contributed by atoms with E-state index in [1.54, 1.807) is 0 Å². The maximum atomic E-state index is 12.0. The SMILES string of the molecule is COCOC(C)(CO)CF. The van der Waals surface area contributed by atoms with Crippen molar-refractivity contribution < 1.29 is 19.0 Å². The molecule has 0 aromatic carbocycles. The van der Waals surface area contributed by atoms with E-state index in [9.17, 15) is 4.39 Å². The second-order valence-corrected chi connectivity index (χ2v) is 2.29. The number of hydrogen-bond acceptors (Lipinski definition) is 3. The van der Waals surface area contributed by atoms with E-state index in [2.05, 4.69) is 4.74 Å². The normalized spacial score (nSPS) is 16.8. The second kappa shape index (κ2) is 4.60. The van der Waals surface area contributed by atoms with Gasteiger partial charge in [0.15, 0.2) is 0 Å². The third kappa shape index (κ3) is 3.10. The van der Waals surface area contributed by atoms with Crippen LogP contribution in [0.25, 0.3) is 0 Å². The first-order chi connectivity index (χ1) is 4.68. The summed E-state index contributed by atoms with van der Waals surface area (Å²) in [6, 6.07) is 0. The lowest BCUT2D eigenvalue weighted by molar-refractivity contribution is -0.147. The summed E-state index contributed by atoms with van der Waals surface area (Å²) in [4.78, 5) is 0. The number of aliphatic hydroxyl groups is 1. The summed E-state index contributed by atoms with van der Waals surface area (Å²) in [6.07, 6.45) is 0. The van der Waals surface area contributed by atoms with Gasteiger partial charge in [-0.05, 0) is 6.92 Å². The fraction of sp³-hybridized carbons (Fsp3) is 1.00. The molecule has 0 saturated carbocycles. The molecule has 0 amide bonds. The smallest absolute Gasteiger partial charge is 0.147 e. The van der Waals surface area contributed by atoms with E-state index in [1.807, 2.05) is 0 Å². The summed E-state index contributed by atoms with van der Waals surface area (Å²) in [5.74, 6) is 0. The molecule has 1 atom stereocenters. The summed E-state index contributed by atoms with van der Waals surface area (Å²) in [5, 5.41) is 8.59. The molecule has 4 heteroatoms. The number of alkyl halides is 1. The van der Waals surface area contributed by atoms with Crippen LogP contribution in [0.5, 0.6) is 0 Å². The quantitative estimate of drug-likeness (QED) is 0.577. The second-order valence-electron chi connectivity index (χ2n) is 2.29. The zero-order valence-corrected chi connectivity index (χ0v) is 6.26. The Labute approximate surface area is 59.8 Å². The Kier molecular flexibility index (Phi) is 4.51. The Morgan fingerprint density at radius 3 is 2.50 bits per heavy atom. The van der Waals surface area contributed by atoms with Crippen molar-refractivity contribution in [2.75, 3.05) is 27.2 Å². The Balaban J connectivity index is 3.58. The van der Waals surface area contributed by atoms with Crippen LogP contribution in [0.2, 0.25) is 0 Å². The standard InChI is InChI=1S/C6H13FO3/c1-6(3-7,4-8)10-5-9-2/h8H,3-5H2,1-2H3. The van der Waals surface area contributed by atoms with E-state index in [0.717, 1.165) is 0 Å². The monoisotopic (exact) mass is 152 g/mol. The zero-order chi connectivity index (χ0) is 8.04. The van der Waals surface area contributed by atoms with E-state index in [1.165, 1.54) is 14.0 Å². The van der Waals surface area contributed by atoms with Gasteiger partial charge in [0.05, 0.1) is 6.61 Å². The number of methoxy groups -OCH3 is 1. The van der Waals surface area contributed by atoms with E-state index in [4.69, 9.17) is 9.84 Å². The predicted molar refractivity (Wildman–Crippen MR) is 34.4 cm³/mol. The van der Waals surface area contributed by atoms with Gasteiger partial charge in [-0.2, -0.15) is 0 Å². The van der Waals surface area contributed by atoms with Crippen LogP contribution in [0.4, 0.5) is 4.39 Å². The molecule has 0 saturated heterocycles. The number of rotatable bonds is 5. The maximum Gasteiger partial charge on any atom is 0.147 e. The Morgan fingerprint density at radius 2 is 2.20 bits per heavy atom. The van der Waals surface area contributed by atoms with E-state index in [0.29, 0.717) is 0 Å². The topological polar surface area (TPSA) is 38.7 Å². The van der Waals surface area contributed by atoms with Crippen molar-refractivity contribution in [3.05, 3.63) is 0 Å². The van der Waals surface area contributed by atoms with Crippen LogP contribution in [-0.2, 0) is 9.47 Å². The van der Waals surface area contributed by atoms with Gasteiger partial charge in [0, 0.05) is 7.11 Å². The highest BCUT2D eigenvalue weighted by molar-refractivity contribution is 4.71. The molecule has 62 valence electrons. The highest BCUT2D eigenvalue weighted by Gasteiger charge is 2.23. The van der Waals surface area contributed by atoms with E-state index >= 15 is 0 Å². The first-order valence-corrected chi connectivity index (χ1v) is 2.98. The van der Waals surface area contributed by atoms with Crippen LogP contribution in [-0.4, -0.2) is 37.9 Å². The Morgan fingerprint density at radius 1 is 1.60 bits per heavy atom. The Hall–Kier alpha value is -0.190. The highest BCUT2D eigenvalue weighted by atomic mass is 19.1. The average Bonchev–Trinajstić information content (AvgIpc) is 2.00. The Bertz CT molecular complexity index is 83.1. The van der Waals surface area contributed by atoms with E-state index < -0.39 is 12.3 Å². The zero-order valence-electron chi connectivity index (χ0n) is 6.26. The third-order valence-corrected chi connectivity index (χ3v) is 1.14. The van der Waals surface area contributed by atoms with Crippen molar-refractivity contribution in [2.24, 2.45) is 0 Å². The molecule has 0 aliphatic heterocycles. The first kappa shape index (κ1) is 9.81. The summed E-state index contributed by atoms with van der Waals surface area (Å²) < 4.78 is 21.4. The molecule has 1 N–H and O–H groups in total. The molecule has 0 heterocycles. The van der Waals surface area contributed by atoms with Gasteiger partial charge >= 0.3 is 0 Å². The molecule has 0 aromatic heterocycles. The van der Waals surface area contributed by atoms with Crippen molar-refractivity contribution in [1.82, 2.24) is 0 Å². The van der Waals surface area contributed by atoms with Gasteiger partial charge in [-0.3, -0.25) is 0 Å². The number of halogens is 1. The van der Waals surface area contributed by atoms with Crippen molar-refractivity contribution in [3.8, 4) is 0 Å². The summed E-state index contributed by atoms with van der Waals surface area (Å²) >= 11 is 0. The molecule has 0 radical (unpaired) electrons. The maximum absolute atomic E-state index is 12.0. The molecular weight excluding hydrogens is 139 g/mol. The van der Waals surface area contributed by atoms with Gasteiger partial charge in [-0.25, -0.2) is 4.39 Å². The summed E-state index contributed by atoms with van der Waals surface area (Å²) in [5.41, 5.74) is -1.10. The van der Waals surface area contributed by atoms with Crippen molar-refractivity contribution in [2.45, 2.75) is 12.5 Å². The van der Waals surface area contributed by atoms with Crippen LogP contribution in [0.1, 0.15) is 6.92 Å². The van der Waals surface area contributed by atoms with Crippen LogP contribution < -0.4 is 0 Å². The molecule has 1 unspecified atom stereocenters. The number of hydrogen-bond donors (Lipinski definition) is 1. The fourth-order valence-corrected chi connectivity index (χ4v) is 0.328. The molecule has 0 aliphatic carbocycles. The van der Waals surface area contributed by atoms with Crippen molar-refractivity contribution in [1.29, 1.82) is 0 Å². The lowest BCUT2D eigenvalue weighted by Crippen LogP contribution is -2.36. The number of ether oxygens (including phenoxy) is 2. The van der Waals surface area contributed by atoms with Crippen LogP contribution in [0, 0.1) is 0 Å². The largest absolute Gasteiger partial charge is 0.393 e. The van der Waals surface area contributed by atoms with E-state index in [-0.39, 0.29) is 13.4 Å². The molecule has 0 fully saturated rings. The van der Waals surface area contributed by atoms with Gasteiger partial charge in [0.25, 0.3) is 0 Å². The lowest BCUT2D eigenvalue weighted by atomic mass is 10.1. The van der Waals surface area contributed by atoms with Gasteiger partial charge < -0.3 is 14.6 Å². The number of aliphatic hydroxyl groups excluding tert-OH is 1. The molecular formula is C6H13FO3. The third-order valence-electron chi connectivity index (χ3n) is 1.14. The van der Waals surface area contributed by atoms with Crippen LogP contribution in [0.15, 0.2) is 0 Å². The summed E-state index contributed by atoms with van der Waals surface area (Å²) in [6.45, 7) is 0.423. The van der Waals surface area contributed by atoms with Gasteiger partial charge in [-0.15, -0.1) is 0 Å². The minimum atomic E-state index is -1.10. The van der Waals surface area contributed by atoms with Crippen LogP contribution in [0.3, 0.4) is 0 Å². The molecule has 0 bridgehead atoms. The fourth-order valence-electron chi connectivity index (χ4n) is 0.328. The van der Waals surface area contributed by atoms with Crippen molar-refractivity contribution in [3.63, 3.8) is 0 Å². The summed E-state index contributed by atoms with van der Waals surface area (Å²) in [7, 11) is 1.44. The molecule has 0 aromatic rings. The van der Waals surface area contributed by atoms with Gasteiger partial charge in [0.1, 0.15) is 19.1 Å².